The molecule has 3 heterocycles. The minimum Gasteiger partial charge on any atom is -0.306 e. The van der Waals surface area contributed by atoms with Crippen LogP contribution in [0.5, 0.6) is 0 Å². The van der Waals surface area contributed by atoms with Crippen molar-refractivity contribution in [1.82, 2.24) is 24.5 Å². The van der Waals surface area contributed by atoms with E-state index >= 15 is 0 Å². The average Bonchev–Trinajstić information content (AvgIpc) is 2.87. The number of halogens is 2. The molecular formula is C15H15Cl2N5. The lowest BCUT2D eigenvalue weighted by molar-refractivity contribution is 0.679. The van der Waals surface area contributed by atoms with Crippen LogP contribution in [0.25, 0.3) is 11.2 Å². The number of aromatic nitrogens is 5. The fourth-order valence-electron chi connectivity index (χ4n) is 2.33. The van der Waals surface area contributed by atoms with Gasteiger partial charge < -0.3 is 4.57 Å². The Balaban J connectivity index is 2.09. The predicted molar refractivity (Wildman–Crippen MR) is 87.3 cm³/mol. The molecule has 3 rings (SSSR count). The summed E-state index contributed by atoms with van der Waals surface area (Å²) < 4.78 is 2.02. The Kier molecular flexibility index (Phi) is 4.55. The SMILES string of the molecule is CCCCc1nc2c(Cl)ncnc2n1Cc1ncccc1Cl. The van der Waals surface area contributed by atoms with E-state index in [4.69, 9.17) is 23.2 Å². The standard InChI is InChI=1S/C15H15Cl2N5/c1-2-3-6-12-21-13-14(17)19-9-20-15(13)22(12)8-11-10(16)5-4-7-18-11/h4-5,7,9H,2-3,6,8H2,1H3. The van der Waals surface area contributed by atoms with Gasteiger partial charge in [-0.2, -0.15) is 0 Å². The van der Waals surface area contributed by atoms with E-state index in [1.165, 1.54) is 6.33 Å². The molecular weight excluding hydrogens is 321 g/mol. The summed E-state index contributed by atoms with van der Waals surface area (Å²) in [5.41, 5.74) is 2.13. The molecule has 0 radical (unpaired) electrons. The van der Waals surface area contributed by atoms with Gasteiger partial charge in [0.1, 0.15) is 17.7 Å². The molecule has 3 aromatic rings. The van der Waals surface area contributed by atoms with E-state index in [1.807, 2.05) is 16.7 Å². The summed E-state index contributed by atoms with van der Waals surface area (Å²) in [6, 6.07) is 3.64. The van der Waals surface area contributed by atoms with E-state index < -0.39 is 0 Å². The third-order valence-corrected chi connectivity index (χ3v) is 4.08. The number of rotatable bonds is 5. The maximum Gasteiger partial charge on any atom is 0.165 e. The minimum absolute atomic E-state index is 0.369. The molecule has 7 heteroatoms. The third kappa shape index (κ3) is 2.91. The van der Waals surface area contributed by atoms with Crippen molar-refractivity contribution in [2.75, 3.05) is 0 Å². The molecule has 0 unspecified atom stereocenters. The zero-order valence-corrected chi connectivity index (χ0v) is 13.6. The van der Waals surface area contributed by atoms with Crippen LogP contribution in [0.4, 0.5) is 0 Å². The van der Waals surface area contributed by atoms with Crippen molar-refractivity contribution in [1.29, 1.82) is 0 Å². The van der Waals surface area contributed by atoms with Gasteiger partial charge in [0.15, 0.2) is 10.8 Å². The van der Waals surface area contributed by atoms with Gasteiger partial charge in [-0.25, -0.2) is 15.0 Å². The van der Waals surface area contributed by atoms with Gasteiger partial charge in [-0.1, -0.05) is 36.5 Å². The number of hydrogen-bond donors (Lipinski definition) is 0. The van der Waals surface area contributed by atoms with Crippen molar-refractivity contribution in [3.63, 3.8) is 0 Å². The molecule has 0 fully saturated rings. The molecule has 0 aliphatic carbocycles. The summed E-state index contributed by atoms with van der Waals surface area (Å²) >= 11 is 12.4. The van der Waals surface area contributed by atoms with E-state index in [0.29, 0.717) is 27.9 Å². The second-order valence-corrected chi connectivity index (χ2v) is 5.75. The normalized spacial score (nSPS) is 11.2. The monoisotopic (exact) mass is 335 g/mol. The molecule has 0 bridgehead atoms. The Labute approximate surface area is 138 Å². The predicted octanol–water partition coefficient (Wildman–Crippen LogP) is 3.92. The molecule has 3 aromatic heterocycles. The maximum absolute atomic E-state index is 6.23. The van der Waals surface area contributed by atoms with Gasteiger partial charge in [-0.15, -0.1) is 0 Å². The minimum atomic E-state index is 0.369. The van der Waals surface area contributed by atoms with Crippen LogP contribution in [0, 0.1) is 0 Å². The summed E-state index contributed by atoms with van der Waals surface area (Å²) in [5.74, 6) is 0.931. The van der Waals surface area contributed by atoms with Crippen LogP contribution in [0.1, 0.15) is 31.3 Å². The van der Waals surface area contributed by atoms with Crippen LogP contribution >= 0.6 is 23.2 Å². The van der Waals surface area contributed by atoms with E-state index in [2.05, 4.69) is 26.9 Å². The Bertz CT molecular complexity index is 800. The number of imidazole rings is 1. The van der Waals surface area contributed by atoms with Gasteiger partial charge in [-0.05, 0) is 18.6 Å². The van der Waals surface area contributed by atoms with Crippen molar-refractivity contribution in [2.24, 2.45) is 0 Å². The average molecular weight is 336 g/mol. The zero-order valence-electron chi connectivity index (χ0n) is 12.1. The van der Waals surface area contributed by atoms with Gasteiger partial charge in [0.05, 0.1) is 17.3 Å². The maximum atomic E-state index is 6.23. The molecule has 0 aromatic carbocycles. The number of aryl methyl sites for hydroxylation is 1. The first-order chi connectivity index (χ1) is 10.7. The van der Waals surface area contributed by atoms with Crippen LogP contribution < -0.4 is 0 Å². The highest BCUT2D eigenvalue weighted by molar-refractivity contribution is 6.33. The molecule has 0 N–H and O–H groups in total. The van der Waals surface area contributed by atoms with Gasteiger partial charge >= 0.3 is 0 Å². The van der Waals surface area contributed by atoms with Crippen molar-refractivity contribution in [3.05, 3.63) is 46.4 Å². The van der Waals surface area contributed by atoms with Crippen molar-refractivity contribution < 1.29 is 0 Å². The summed E-state index contributed by atoms with van der Waals surface area (Å²) in [6.45, 7) is 2.66. The number of fused-ring (bicyclic) bond motifs is 1. The molecule has 22 heavy (non-hydrogen) atoms. The van der Waals surface area contributed by atoms with Gasteiger partial charge in [0, 0.05) is 12.6 Å². The quantitative estimate of drug-likeness (QED) is 0.663. The Morgan fingerprint density at radius 3 is 2.82 bits per heavy atom. The van der Waals surface area contributed by atoms with Crippen LogP contribution in [-0.2, 0) is 13.0 Å². The number of hydrogen-bond acceptors (Lipinski definition) is 4. The van der Waals surface area contributed by atoms with E-state index in [1.54, 1.807) is 6.20 Å². The van der Waals surface area contributed by atoms with Crippen LogP contribution in [0.2, 0.25) is 10.2 Å². The Morgan fingerprint density at radius 1 is 1.18 bits per heavy atom. The first-order valence-electron chi connectivity index (χ1n) is 7.15. The molecule has 0 aliphatic rings. The van der Waals surface area contributed by atoms with Crippen LogP contribution in [-0.4, -0.2) is 24.5 Å². The molecule has 0 saturated carbocycles. The molecule has 0 amide bonds. The first kappa shape index (κ1) is 15.2. The van der Waals surface area contributed by atoms with E-state index in [0.717, 1.165) is 30.8 Å². The highest BCUT2D eigenvalue weighted by Crippen LogP contribution is 2.23. The lowest BCUT2D eigenvalue weighted by Crippen LogP contribution is -2.08. The fourth-order valence-corrected chi connectivity index (χ4v) is 2.68. The fraction of sp³-hybridized carbons (Fsp3) is 0.333. The van der Waals surface area contributed by atoms with Gasteiger partial charge in [0.2, 0.25) is 0 Å². The highest BCUT2D eigenvalue weighted by Gasteiger charge is 2.16. The highest BCUT2D eigenvalue weighted by atomic mass is 35.5. The summed E-state index contributed by atoms with van der Waals surface area (Å²) in [6.07, 6.45) is 6.17. The summed E-state index contributed by atoms with van der Waals surface area (Å²) in [4.78, 5) is 17.3. The molecule has 114 valence electrons. The second kappa shape index (κ2) is 6.58. The molecule has 0 saturated heterocycles. The topological polar surface area (TPSA) is 56.5 Å². The smallest absolute Gasteiger partial charge is 0.165 e. The number of pyridine rings is 1. The van der Waals surface area contributed by atoms with Gasteiger partial charge in [0.25, 0.3) is 0 Å². The Morgan fingerprint density at radius 2 is 2.05 bits per heavy atom. The third-order valence-electron chi connectivity index (χ3n) is 3.46. The van der Waals surface area contributed by atoms with Crippen molar-refractivity contribution in [2.45, 2.75) is 32.7 Å². The summed E-state index contributed by atoms with van der Waals surface area (Å²) in [7, 11) is 0. The van der Waals surface area contributed by atoms with Crippen molar-refractivity contribution >= 4 is 34.4 Å². The molecule has 5 nitrogen and oxygen atoms in total. The van der Waals surface area contributed by atoms with E-state index in [9.17, 15) is 0 Å². The second-order valence-electron chi connectivity index (χ2n) is 4.99. The molecule has 0 spiro atoms. The van der Waals surface area contributed by atoms with Crippen molar-refractivity contribution in [3.8, 4) is 0 Å². The number of unbranched alkanes of at least 4 members (excludes halogenated alkanes) is 1. The molecule has 0 atom stereocenters. The van der Waals surface area contributed by atoms with E-state index in [-0.39, 0.29) is 0 Å². The number of nitrogens with zero attached hydrogens (tertiary/aromatic N) is 5. The summed E-state index contributed by atoms with van der Waals surface area (Å²) in [5, 5.41) is 1.000. The zero-order chi connectivity index (χ0) is 15.5. The van der Waals surface area contributed by atoms with Gasteiger partial charge in [-0.3, -0.25) is 4.98 Å². The first-order valence-corrected chi connectivity index (χ1v) is 7.91. The Hall–Kier alpha value is -1.72. The van der Waals surface area contributed by atoms with Crippen LogP contribution in [0.3, 0.4) is 0 Å². The largest absolute Gasteiger partial charge is 0.306 e. The lowest BCUT2D eigenvalue weighted by atomic mass is 10.2. The molecule has 0 aliphatic heterocycles. The lowest BCUT2D eigenvalue weighted by Gasteiger charge is -2.09. The van der Waals surface area contributed by atoms with Crippen LogP contribution in [0.15, 0.2) is 24.7 Å².